The quantitative estimate of drug-likeness (QED) is 0.882. The Balaban J connectivity index is 1.91. The number of amides is 2. The number of para-hydroxylation sites is 1. The maximum absolute atomic E-state index is 12.0. The molecule has 1 aromatic rings. The predicted octanol–water partition coefficient (Wildman–Crippen LogP) is 2.69. The van der Waals surface area contributed by atoms with Crippen LogP contribution in [0.4, 0.5) is 10.5 Å². The summed E-state index contributed by atoms with van der Waals surface area (Å²) >= 11 is 3.40. The van der Waals surface area contributed by atoms with E-state index in [4.69, 9.17) is 5.11 Å². The van der Waals surface area contributed by atoms with Crippen LogP contribution in [-0.2, 0) is 0 Å². The average molecular weight is 313 g/mol. The van der Waals surface area contributed by atoms with Crippen molar-refractivity contribution in [3.63, 3.8) is 0 Å². The zero-order valence-corrected chi connectivity index (χ0v) is 11.7. The summed E-state index contributed by atoms with van der Waals surface area (Å²) < 4.78 is 0.878. The van der Waals surface area contributed by atoms with Crippen molar-refractivity contribution < 1.29 is 9.90 Å². The number of carbonyl (C=O) groups excluding carboxylic acids is 1. The number of halogens is 1. The van der Waals surface area contributed by atoms with Gasteiger partial charge in [-0.1, -0.05) is 12.1 Å². The van der Waals surface area contributed by atoms with Gasteiger partial charge in [-0.2, -0.15) is 0 Å². The Morgan fingerprint density at radius 2 is 2.06 bits per heavy atom. The number of aliphatic hydroxyl groups is 1. The molecule has 0 bridgehead atoms. The number of nitrogens with zero attached hydrogens (tertiary/aromatic N) is 1. The third-order valence-corrected chi connectivity index (χ3v) is 3.97. The number of aliphatic hydroxyl groups excluding tert-OH is 1. The topological polar surface area (TPSA) is 52.6 Å². The summed E-state index contributed by atoms with van der Waals surface area (Å²) in [4.78, 5) is 13.8. The molecule has 0 aliphatic carbocycles. The van der Waals surface area contributed by atoms with Crippen LogP contribution in [0.2, 0.25) is 0 Å². The zero-order valence-electron chi connectivity index (χ0n) is 10.1. The lowest BCUT2D eigenvalue weighted by Crippen LogP contribution is -2.41. The van der Waals surface area contributed by atoms with E-state index in [1.165, 1.54) is 0 Å². The molecule has 2 rings (SSSR count). The summed E-state index contributed by atoms with van der Waals surface area (Å²) in [6.07, 6.45) is 1.75. The average Bonchev–Trinajstić information content (AvgIpc) is 2.41. The molecule has 0 saturated carbocycles. The molecule has 98 valence electrons. The Kier molecular flexibility index (Phi) is 4.60. The maximum Gasteiger partial charge on any atom is 0.321 e. The van der Waals surface area contributed by atoms with E-state index in [-0.39, 0.29) is 12.6 Å². The summed E-state index contributed by atoms with van der Waals surface area (Å²) in [7, 11) is 0. The van der Waals surface area contributed by atoms with Crippen LogP contribution >= 0.6 is 15.9 Å². The predicted molar refractivity (Wildman–Crippen MR) is 74.5 cm³/mol. The minimum atomic E-state index is -0.0710. The summed E-state index contributed by atoms with van der Waals surface area (Å²) in [5.41, 5.74) is 0.784. The smallest absolute Gasteiger partial charge is 0.321 e. The zero-order chi connectivity index (χ0) is 13.0. The van der Waals surface area contributed by atoms with Crippen molar-refractivity contribution in [1.29, 1.82) is 0 Å². The van der Waals surface area contributed by atoms with E-state index in [0.29, 0.717) is 19.0 Å². The van der Waals surface area contributed by atoms with Crippen LogP contribution in [0.25, 0.3) is 0 Å². The normalized spacial score (nSPS) is 16.7. The molecular formula is C13H17BrN2O2. The van der Waals surface area contributed by atoms with Gasteiger partial charge in [-0.05, 0) is 46.8 Å². The van der Waals surface area contributed by atoms with Gasteiger partial charge in [0.05, 0.1) is 5.69 Å². The van der Waals surface area contributed by atoms with E-state index in [1.807, 2.05) is 24.3 Å². The number of likely N-dealkylation sites (tertiary alicyclic amines) is 1. The Morgan fingerprint density at radius 1 is 1.39 bits per heavy atom. The standard InChI is InChI=1S/C13H17BrN2O2/c14-11-3-1-2-4-12(11)15-13(18)16-7-5-10(9-17)6-8-16/h1-4,10,17H,5-9H2,(H,15,18). The lowest BCUT2D eigenvalue weighted by atomic mass is 9.98. The van der Waals surface area contributed by atoms with Gasteiger partial charge in [0, 0.05) is 24.2 Å². The van der Waals surface area contributed by atoms with Gasteiger partial charge in [0.15, 0.2) is 0 Å². The van der Waals surface area contributed by atoms with Crippen molar-refractivity contribution in [2.45, 2.75) is 12.8 Å². The fourth-order valence-electron chi connectivity index (χ4n) is 2.08. The Hall–Kier alpha value is -1.07. The largest absolute Gasteiger partial charge is 0.396 e. The lowest BCUT2D eigenvalue weighted by Gasteiger charge is -2.31. The fourth-order valence-corrected chi connectivity index (χ4v) is 2.46. The van der Waals surface area contributed by atoms with Gasteiger partial charge in [0.25, 0.3) is 0 Å². The van der Waals surface area contributed by atoms with Gasteiger partial charge >= 0.3 is 6.03 Å². The summed E-state index contributed by atoms with van der Waals surface area (Å²) in [5, 5.41) is 12.0. The molecular weight excluding hydrogens is 296 g/mol. The number of benzene rings is 1. The van der Waals surface area contributed by atoms with Crippen LogP contribution in [0.3, 0.4) is 0 Å². The molecule has 0 radical (unpaired) electrons. The molecule has 1 fully saturated rings. The fraction of sp³-hybridized carbons (Fsp3) is 0.462. The van der Waals surface area contributed by atoms with Crippen LogP contribution in [0.5, 0.6) is 0 Å². The first-order valence-electron chi connectivity index (χ1n) is 6.12. The molecule has 1 aromatic carbocycles. The minimum absolute atomic E-state index is 0.0710. The van der Waals surface area contributed by atoms with Crippen molar-refractivity contribution in [1.82, 2.24) is 4.90 Å². The number of urea groups is 1. The second-order valence-electron chi connectivity index (χ2n) is 4.52. The molecule has 1 heterocycles. The van der Waals surface area contributed by atoms with Crippen molar-refractivity contribution in [2.75, 3.05) is 25.0 Å². The number of nitrogens with one attached hydrogen (secondary N) is 1. The Morgan fingerprint density at radius 3 is 2.67 bits per heavy atom. The second kappa shape index (κ2) is 6.20. The highest BCUT2D eigenvalue weighted by Gasteiger charge is 2.22. The minimum Gasteiger partial charge on any atom is -0.396 e. The number of hydrogen-bond acceptors (Lipinski definition) is 2. The van der Waals surface area contributed by atoms with Gasteiger partial charge < -0.3 is 15.3 Å². The van der Waals surface area contributed by atoms with Crippen molar-refractivity contribution in [3.8, 4) is 0 Å². The lowest BCUT2D eigenvalue weighted by molar-refractivity contribution is 0.143. The molecule has 0 aromatic heterocycles. The molecule has 0 atom stereocenters. The van der Waals surface area contributed by atoms with Gasteiger partial charge in [-0.15, -0.1) is 0 Å². The van der Waals surface area contributed by atoms with Crippen LogP contribution in [0, 0.1) is 5.92 Å². The molecule has 4 nitrogen and oxygen atoms in total. The number of piperidine rings is 1. The third kappa shape index (κ3) is 3.23. The van der Waals surface area contributed by atoms with Crippen molar-refractivity contribution in [3.05, 3.63) is 28.7 Å². The monoisotopic (exact) mass is 312 g/mol. The van der Waals surface area contributed by atoms with Crippen LogP contribution < -0.4 is 5.32 Å². The first-order chi connectivity index (χ1) is 8.70. The molecule has 2 N–H and O–H groups in total. The van der Waals surface area contributed by atoms with E-state index in [9.17, 15) is 4.79 Å². The summed E-state index contributed by atoms with van der Waals surface area (Å²) in [6.45, 7) is 1.64. The van der Waals surface area contributed by atoms with E-state index in [0.717, 1.165) is 23.0 Å². The number of carbonyl (C=O) groups is 1. The Labute approximate surface area is 115 Å². The van der Waals surface area contributed by atoms with Crippen LogP contribution in [-0.4, -0.2) is 35.7 Å². The number of hydrogen-bond donors (Lipinski definition) is 2. The summed E-state index contributed by atoms with van der Waals surface area (Å²) in [5.74, 6) is 0.345. The highest BCUT2D eigenvalue weighted by Crippen LogP contribution is 2.22. The molecule has 0 unspecified atom stereocenters. The maximum atomic E-state index is 12.0. The van der Waals surface area contributed by atoms with E-state index in [1.54, 1.807) is 4.90 Å². The molecule has 2 amide bonds. The van der Waals surface area contributed by atoms with E-state index in [2.05, 4.69) is 21.2 Å². The number of rotatable bonds is 2. The third-order valence-electron chi connectivity index (χ3n) is 3.28. The number of anilines is 1. The molecule has 18 heavy (non-hydrogen) atoms. The SMILES string of the molecule is O=C(Nc1ccccc1Br)N1CCC(CO)CC1. The molecule has 5 heteroatoms. The van der Waals surface area contributed by atoms with Crippen molar-refractivity contribution >= 4 is 27.6 Å². The molecule has 0 spiro atoms. The molecule has 1 aliphatic heterocycles. The van der Waals surface area contributed by atoms with Gasteiger partial charge in [0.1, 0.15) is 0 Å². The highest BCUT2D eigenvalue weighted by molar-refractivity contribution is 9.10. The van der Waals surface area contributed by atoms with Crippen LogP contribution in [0.15, 0.2) is 28.7 Å². The summed E-state index contributed by atoms with van der Waals surface area (Å²) in [6, 6.07) is 7.49. The van der Waals surface area contributed by atoms with Gasteiger partial charge in [0.2, 0.25) is 0 Å². The van der Waals surface area contributed by atoms with Crippen molar-refractivity contribution in [2.24, 2.45) is 5.92 Å². The Bertz CT molecular complexity index is 417. The second-order valence-corrected chi connectivity index (χ2v) is 5.38. The highest BCUT2D eigenvalue weighted by atomic mass is 79.9. The van der Waals surface area contributed by atoms with E-state index < -0.39 is 0 Å². The first-order valence-corrected chi connectivity index (χ1v) is 6.91. The first kappa shape index (κ1) is 13.4. The van der Waals surface area contributed by atoms with E-state index >= 15 is 0 Å². The van der Waals surface area contributed by atoms with Gasteiger partial charge in [-0.3, -0.25) is 0 Å². The van der Waals surface area contributed by atoms with Crippen LogP contribution in [0.1, 0.15) is 12.8 Å². The van der Waals surface area contributed by atoms with Gasteiger partial charge in [-0.25, -0.2) is 4.79 Å². The molecule has 1 saturated heterocycles. The molecule has 1 aliphatic rings.